The van der Waals surface area contributed by atoms with Gasteiger partial charge in [-0.3, -0.25) is 5.43 Å². The van der Waals surface area contributed by atoms with Gasteiger partial charge in [-0.2, -0.15) is 5.10 Å². The van der Waals surface area contributed by atoms with E-state index in [9.17, 15) is 0 Å². The molecule has 4 nitrogen and oxygen atoms in total. The number of aliphatic imine (C=N–C) groups is 1. The largest absolute Gasteiger partial charge is 0.360 e. The van der Waals surface area contributed by atoms with Crippen LogP contribution in [0, 0.1) is 0 Å². The Morgan fingerprint density at radius 1 is 1.64 bits per heavy atom. The third kappa shape index (κ3) is 2.84. The zero-order valence-corrected chi connectivity index (χ0v) is 6.78. The second kappa shape index (κ2) is 3.75. The fraction of sp³-hybridized carbons (Fsp3) is 0.429. The van der Waals surface area contributed by atoms with E-state index in [1.165, 1.54) is 0 Å². The molecule has 60 valence electrons. The van der Waals surface area contributed by atoms with Crippen molar-refractivity contribution in [1.82, 2.24) is 10.3 Å². The van der Waals surface area contributed by atoms with Crippen LogP contribution in [-0.2, 0) is 0 Å². The first-order valence-electron chi connectivity index (χ1n) is 3.47. The molecule has 1 rings (SSSR count). The molecule has 0 saturated carbocycles. The molecule has 0 atom stereocenters. The number of rotatable bonds is 0. The van der Waals surface area contributed by atoms with E-state index in [4.69, 9.17) is 0 Å². The Bertz CT molecular complexity index is 204. The molecule has 11 heavy (non-hydrogen) atoms. The fourth-order valence-corrected chi connectivity index (χ4v) is 0.652. The Balaban J connectivity index is 2.65. The number of nitrogens with zero attached hydrogens (tertiary/aromatic N) is 3. The van der Waals surface area contributed by atoms with E-state index >= 15 is 0 Å². The summed E-state index contributed by atoms with van der Waals surface area (Å²) in [4.78, 5) is 5.99. The maximum absolute atomic E-state index is 4.05. The second-order valence-electron chi connectivity index (χ2n) is 2.44. The summed E-state index contributed by atoms with van der Waals surface area (Å²) in [5.41, 5.74) is 3.77. The monoisotopic (exact) mass is 152 g/mol. The van der Waals surface area contributed by atoms with E-state index in [0.29, 0.717) is 0 Å². The highest BCUT2D eigenvalue weighted by Gasteiger charge is 1.89. The summed E-state index contributed by atoms with van der Waals surface area (Å²) in [6.07, 6.45) is 5.30. The highest BCUT2D eigenvalue weighted by atomic mass is 15.3. The molecule has 0 radical (unpaired) electrons. The van der Waals surface area contributed by atoms with Crippen LogP contribution in [0.3, 0.4) is 0 Å². The lowest BCUT2D eigenvalue weighted by Gasteiger charge is -2.06. The lowest BCUT2D eigenvalue weighted by Crippen LogP contribution is -2.18. The molecule has 0 spiro atoms. The Morgan fingerprint density at radius 3 is 3.27 bits per heavy atom. The fourth-order valence-electron chi connectivity index (χ4n) is 0.652. The maximum atomic E-state index is 4.05. The Kier molecular flexibility index (Phi) is 2.66. The summed E-state index contributed by atoms with van der Waals surface area (Å²) >= 11 is 0. The highest BCUT2D eigenvalue weighted by molar-refractivity contribution is 5.66. The zero-order chi connectivity index (χ0) is 8.10. The maximum Gasteiger partial charge on any atom is 0.0906 e. The quantitative estimate of drug-likeness (QED) is 0.545. The normalized spacial score (nSPS) is 25.6. The lowest BCUT2D eigenvalue weighted by atomic mass is 10.6. The average molecular weight is 152 g/mol. The molecule has 1 heterocycles. The molecule has 0 bridgehead atoms. The Labute approximate surface area is 66.3 Å². The van der Waals surface area contributed by atoms with Crippen LogP contribution < -0.4 is 5.43 Å². The van der Waals surface area contributed by atoms with Crippen molar-refractivity contribution >= 4 is 12.6 Å². The van der Waals surface area contributed by atoms with Crippen LogP contribution in [0.1, 0.15) is 6.92 Å². The second-order valence-corrected chi connectivity index (χ2v) is 2.44. The first-order chi connectivity index (χ1) is 5.29. The van der Waals surface area contributed by atoms with Gasteiger partial charge in [0.05, 0.1) is 12.9 Å². The number of nitrogens with one attached hydrogen (secondary N) is 1. The summed E-state index contributed by atoms with van der Waals surface area (Å²) in [5, 5.41) is 3.96. The van der Waals surface area contributed by atoms with Gasteiger partial charge in [-0.25, -0.2) is 4.99 Å². The van der Waals surface area contributed by atoms with Gasteiger partial charge in [0.15, 0.2) is 0 Å². The third-order valence-corrected chi connectivity index (χ3v) is 1.23. The number of hydrazone groups is 1. The van der Waals surface area contributed by atoms with Gasteiger partial charge in [0.1, 0.15) is 0 Å². The standard InChI is InChI=1S/C7H12N4/c1-7-5-8-6-11(2)4-3-9-10-7/h3,5-6,10H,4H2,1-2H3/b7-5+,8-6?,9-3-. The molecule has 0 unspecified atom stereocenters. The summed E-state index contributed by atoms with van der Waals surface area (Å²) in [5.74, 6) is 0. The van der Waals surface area contributed by atoms with Crippen LogP contribution in [0.5, 0.6) is 0 Å². The van der Waals surface area contributed by atoms with Crippen LogP contribution in [0.15, 0.2) is 22.0 Å². The average Bonchev–Trinajstić information content (AvgIpc) is 2.04. The van der Waals surface area contributed by atoms with Crippen molar-refractivity contribution in [2.24, 2.45) is 10.1 Å². The molecular formula is C7H12N4. The van der Waals surface area contributed by atoms with Crippen molar-refractivity contribution in [2.75, 3.05) is 13.6 Å². The topological polar surface area (TPSA) is 40.0 Å². The third-order valence-electron chi connectivity index (χ3n) is 1.23. The lowest BCUT2D eigenvalue weighted by molar-refractivity contribution is 0.602. The predicted octanol–water partition coefficient (Wildman–Crippen LogP) is 0.397. The molecule has 0 aromatic heterocycles. The van der Waals surface area contributed by atoms with Crippen molar-refractivity contribution in [3.63, 3.8) is 0 Å². The zero-order valence-electron chi connectivity index (χ0n) is 6.78. The number of hydrogen-bond acceptors (Lipinski definition) is 4. The van der Waals surface area contributed by atoms with Crippen LogP contribution in [-0.4, -0.2) is 31.0 Å². The summed E-state index contributed by atoms with van der Waals surface area (Å²) in [6.45, 7) is 2.69. The SMILES string of the molecule is C/C1=C\N=CN(C)C/C=N\N1. The number of allylic oxidation sites excluding steroid dienone is 1. The van der Waals surface area contributed by atoms with Crippen LogP contribution in [0.4, 0.5) is 0 Å². The van der Waals surface area contributed by atoms with E-state index in [1.54, 1.807) is 18.8 Å². The van der Waals surface area contributed by atoms with Crippen molar-refractivity contribution in [2.45, 2.75) is 6.92 Å². The van der Waals surface area contributed by atoms with E-state index < -0.39 is 0 Å². The van der Waals surface area contributed by atoms with Gasteiger partial charge in [0, 0.05) is 25.2 Å². The number of hydrogen-bond donors (Lipinski definition) is 1. The van der Waals surface area contributed by atoms with Gasteiger partial charge < -0.3 is 4.90 Å². The van der Waals surface area contributed by atoms with Crippen LogP contribution in [0.25, 0.3) is 0 Å². The molecule has 0 aromatic carbocycles. The molecule has 0 amide bonds. The van der Waals surface area contributed by atoms with E-state index in [0.717, 1.165) is 12.2 Å². The predicted molar refractivity (Wildman–Crippen MR) is 46.5 cm³/mol. The molecule has 0 saturated heterocycles. The van der Waals surface area contributed by atoms with Crippen LogP contribution >= 0.6 is 0 Å². The highest BCUT2D eigenvalue weighted by Crippen LogP contribution is 1.88. The molecular weight excluding hydrogens is 140 g/mol. The van der Waals surface area contributed by atoms with Gasteiger partial charge in [-0.15, -0.1) is 0 Å². The van der Waals surface area contributed by atoms with Gasteiger partial charge in [0.2, 0.25) is 0 Å². The van der Waals surface area contributed by atoms with E-state index in [2.05, 4.69) is 15.5 Å². The summed E-state index contributed by atoms with van der Waals surface area (Å²) < 4.78 is 0. The molecule has 1 aliphatic heterocycles. The van der Waals surface area contributed by atoms with Gasteiger partial charge in [-0.1, -0.05) is 0 Å². The van der Waals surface area contributed by atoms with Crippen molar-refractivity contribution in [3.8, 4) is 0 Å². The smallest absolute Gasteiger partial charge is 0.0906 e. The van der Waals surface area contributed by atoms with Gasteiger partial charge >= 0.3 is 0 Å². The van der Waals surface area contributed by atoms with Gasteiger partial charge in [-0.05, 0) is 6.92 Å². The Hall–Kier alpha value is -1.32. The molecule has 0 fully saturated rings. The Morgan fingerprint density at radius 2 is 2.45 bits per heavy atom. The first kappa shape index (κ1) is 7.78. The minimum atomic E-state index is 0.775. The molecule has 0 aromatic rings. The first-order valence-corrected chi connectivity index (χ1v) is 3.47. The van der Waals surface area contributed by atoms with Gasteiger partial charge in [0.25, 0.3) is 0 Å². The van der Waals surface area contributed by atoms with Crippen LogP contribution in [0.2, 0.25) is 0 Å². The molecule has 1 N–H and O–H groups in total. The molecule has 1 aliphatic rings. The minimum Gasteiger partial charge on any atom is -0.360 e. The molecule has 4 heteroatoms. The van der Waals surface area contributed by atoms with Crippen molar-refractivity contribution in [3.05, 3.63) is 11.9 Å². The van der Waals surface area contributed by atoms with E-state index in [-0.39, 0.29) is 0 Å². The minimum absolute atomic E-state index is 0.775. The van der Waals surface area contributed by atoms with Crippen molar-refractivity contribution in [1.29, 1.82) is 0 Å². The summed E-state index contributed by atoms with van der Waals surface area (Å²) in [6, 6.07) is 0. The van der Waals surface area contributed by atoms with Crippen molar-refractivity contribution < 1.29 is 0 Å². The van der Waals surface area contributed by atoms with E-state index in [1.807, 2.05) is 18.9 Å². The summed E-state index contributed by atoms with van der Waals surface area (Å²) in [7, 11) is 1.95. The molecule has 0 aliphatic carbocycles.